The van der Waals surface area contributed by atoms with Crippen LogP contribution in [0.5, 0.6) is 0 Å². The van der Waals surface area contributed by atoms with Crippen molar-refractivity contribution in [2.45, 2.75) is 24.8 Å². The topological polar surface area (TPSA) is 79.7 Å². The number of carbonyl (C=O) groups is 1. The summed E-state index contributed by atoms with van der Waals surface area (Å²) in [5.41, 5.74) is 0.715. The number of aromatic nitrogens is 1. The molecule has 0 saturated carbocycles. The third-order valence-corrected chi connectivity index (χ3v) is 8.19. The Morgan fingerprint density at radius 1 is 1.10 bits per heavy atom. The summed E-state index contributed by atoms with van der Waals surface area (Å²) in [6.45, 7) is 3.15. The number of sulfonamides is 1. The van der Waals surface area contributed by atoms with E-state index in [1.807, 2.05) is 6.92 Å². The van der Waals surface area contributed by atoms with Gasteiger partial charge in [-0.05, 0) is 36.8 Å². The first-order valence-corrected chi connectivity index (χ1v) is 12.3. The van der Waals surface area contributed by atoms with Crippen LogP contribution in [0.4, 0.5) is 4.39 Å². The number of fused-ring (bicyclic) bond motifs is 1. The number of nitrogens with zero attached hydrogens (tertiary/aromatic N) is 3. The van der Waals surface area contributed by atoms with Gasteiger partial charge in [0.05, 0.1) is 20.7 Å². The predicted molar refractivity (Wildman–Crippen MR) is 117 cm³/mol. The molecule has 7 nitrogen and oxygen atoms in total. The molecular formula is C21H22FN3O4S2. The highest BCUT2D eigenvalue weighted by molar-refractivity contribution is 7.89. The molecule has 0 aliphatic carbocycles. The van der Waals surface area contributed by atoms with E-state index in [9.17, 15) is 22.4 Å². The van der Waals surface area contributed by atoms with E-state index >= 15 is 0 Å². The van der Waals surface area contributed by atoms with Gasteiger partial charge in [-0.25, -0.2) is 12.8 Å². The highest BCUT2D eigenvalue weighted by Crippen LogP contribution is 2.25. The molecule has 1 aliphatic heterocycles. The van der Waals surface area contributed by atoms with Crippen LogP contribution in [0.25, 0.3) is 10.2 Å². The quantitative estimate of drug-likeness (QED) is 0.583. The molecule has 164 valence electrons. The number of hydrogen-bond donors (Lipinski definition) is 0. The SMILES string of the molecule is CCCn1c(=O)sc2cc(S(=O)(=O)N3CCN(C(=O)c4ccccc4F)CC3)ccc21. The Balaban J connectivity index is 1.52. The molecule has 0 atom stereocenters. The van der Waals surface area contributed by atoms with Crippen molar-refractivity contribution in [3.63, 3.8) is 0 Å². The van der Waals surface area contributed by atoms with Crippen molar-refractivity contribution >= 4 is 37.5 Å². The van der Waals surface area contributed by atoms with E-state index in [1.165, 1.54) is 33.5 Å². The Labute approximate surface area is 183 Å². The highest BCUT2D eigenvalue weighted by Gasteiger charge is 2.31. The van der Waals surface area contributed by atoms with Gasteiger partial charge in [0.25, 0.3) is 5.91 Å². The van der Waals surface area contributed by atoms with Crippen molar-refractivity contribution in [3.8, 4) is 0 Å². The molecule has 0 unspecified atom stereocenters. The van der Waals surface area contributed by atoms with E-state index in [-0.39, 0.29) is 41.5 Å². The molecule has 1 amide bonds. The molecule has 10 heteroatoms. The van der Waals surface area contributed by atoms with Crippen LogP contribution in [0.1, 0.15) is 23.7 Å². The highest BCUT2D eigenvalue weighted by atomic mass is 32.2. The number of aryl methyl sites for hydroxylation is 1. The second kappa shape index (κ2) is 8.52. The maximum atomic E-state index is 13.9. The Kier molecular flexibility index (Phi) is 5.96. The molecule has 1 saturated heterocycles. The molecular weight excluding hydrogens is 441 g/mol. The van der Waals surface area contributed by atoms with Gasteiger partial charge < -0.3 is 4.90 Å². The summed E-state index contributed by atoms with van der Waals surface area (Å²) in [4.78, 5) is 26.2. The van der Waals surface area contributed by atoms with E-state index in [4.69, 9.17) is 0 Å². The zero-order valence-corrected chi connectivity index (χ0v) is 18.6. The smallest absolute Gasteiger partial charge is 0.308 e. The summed E-state index contributed by atoms with van der Waals surface area (Å²) in [5.74, 6) is -1.04. The summed E-state index contributed by atoms with van der Waals surface area (Å²) in [6, 6.07) is 10.5. The molecule has 0 N–H and O–H groups in total. The Morgan fingerprint density at radius 3 is 2.48 bits per heavy atom. The van der Waals surface area contributed by atoms with Crippen LogP contribution in [-0.4, -0.2) is 54.3 Å². The fraction of sp³-hybridized carbons (Fsp3) is 0.333. The first-order chi connectivity index (χ1) is 14.8. The molecule has 1 aromatic heterocycles. The fourth-order valence-corrected chi connectivity index (χ4v) is 6.21. The number of halogens is 1. The molecule has 3 aromatic rings. The molecule has 2 aromatic carbocycles. The van der Waals surface area contributed by atoms with E-state index in [0.717, 1.165) is 23.3 Å². The molecule has 4 rings (SSSR count). The van der Waals surface area contributed by atoms with Crippen molar-refractivity contribution < 1.29 is 17.6 Å². The van der Waals surface area contributed by atoms with Crippen LogP contribution >= 0.6 is 11.3 Å². The number of thiazole rings is 1. The number of hydrogen-bond acceptors (Lipinski definition) is 5. The molecule has 0 radical (unpaired) electrons. The molecule has 2 heterocycles. The average molecular weight is 464 g/mol. The number of benzene rings is 2. The lowest BCUT2D eigenvalue weighted by atomic mass is 10.1. The summed E-state index contributed by atoms with van der Waals surface area (Å²) in [6.07, 6.45) is 0.807. The van der Waals surface area contributed by atoms with Crippen molar-refractivity contribution in [1.82, 2.24) is 13.8 Å². The lowest BCUT2D eigenvalue weighted by molar-refractivity contribution is 0.0693. The lowest BCUT2D eigenvalue weighted by Crippen LogP contribution is -2.50. The maximum absolute atomic E-state index is 13.9. The first kappa shape index (κ1) is 21.7. The van der Waals surface area contributed by atoms with Gasteiger partial charge in [-0.15, -0.1) is 0 Å². The van der Waals surface area contributed by atoms with Gasteiger partial charge in [-0.3, -0.25) is 14.2 Å². The monoisotopic (exact) mass is 463 g/mol. The van der Waals surface area contributed by atoms with Gasteiger partial charge in [0, 0.05) is 32.7 Å². The van der Waals surface area contributed by atoms with Crippen LogP contribution in [0.15, 0.2) is 52.2 Å². The third kappa shape index (κ3) is 4.02. The number of rotatable bonds is 5. The standard InChI is InChI=1S/C21H22FN3O4S2/c1-2-9-25-18-8-7-15(14-19(18)30-21(25)27)31(28,29)24-12-10-23(11-13-24)20(26)16-5-3-4-6-17(16)22/h3-8,14H,2,9-13H2,1H3. The minimum atomic E-state index is -3.77. The summed E-state index contributed by atoms with van der Waals surface area (Å²) in [7, 11) is -3.77. The van der Waals surface area contributed by atoms with Gasteiger partial charge >= 0.3 is 4.87 Å². The Bertz CT molecular complexity index is 1290. The molecule has 0 spiro atoms. The maximum Gasteiger partial charge on any atom is 0.308 e. The van der Waals surface area contributed by atoms with Gasteiger partial charge in [0.2, 0.25) is 10.0 Å². The van der Waals surface area contributed by atoms with Gasteiger partial charge in [0.15, 0.2) is 0 Å². The van der Waals surface area contributed by atoms with Crippen molar-refractivity contribution in [2.75, 3.05) is 26.2 Å². The number of piperazine rings is 1. The van der Waals surface area contributed by atoms with Crippen LogP contribution in [0.3, 0.4) is 0 Å². The van der Waals surface area contributed by atoms with E-state index in [2.05, 4.69) is 0 Å². The normalized spacial score (nSPS) is 15.5. The van der Waals surface area contributed by atoms with Gasteiger partial charge in [-0.2, -0.15) is 4.31 Å². The zero-order valence-electron chi connectivity index (χ0n) is 17.0. The Hall–Kier alpha value is -2.56. The van der Waals surface area contributed by atoms with Gasteiger partial charge in [-0.1, -0.05) is 30.4 Å². The predicted octanol–water partition coefficient (Wildman–Crippen LogP) is 2.76. The summed E-state index contributed by atoms with van der Waals surface area (Å²) < 4.78 is 43.8. The number of carbonyl (C=O) groups excluding carboxylic acids is 1. The second-order valence-electron chi connectivity index (χ2n) is 7.33. The lowest BCUT2D eigenvalue weighted by Gasteiger charge is -2.34. The molecule has 31 heavy (non-hydrogen) atoms. The molecule has 1 aliphatic rings. The van der Waals surface area contributed by atoms with Crippen LogP contribution in [0, 0.1) is 5.82 Å². The zero-order chi connectivity index (χ0) is 22.2. The second-order valence-corrected chi connectivity index (χ2v) is 10.3. The molecule has 0 bridgehead atoms. The minimum absolute atomic E-state index is 0.0178. The summed E-state index contributed by atoms with van der Waals surface area (Å²) in [5, 5.41) is 0. The van der Waals surface area contributed by atoms with Crippen molar-refractivity contribution in [3.05, 3.63) is 63.5 Å². The van der Waals surface area contributed by atoms with Crippen LogP contribution in [0.2, 0.25) is 0 Å². The van der Waals surface area contributed by atoms with Crippen LogP contribution in [-0.2, 0) is 16.6 Å². The van der Waals surface area contributed by atoms with Crippen LogP contribution < -0.4 is 4.87 Å². The van der Waals surface area contributed by atoms with Crippen molar-refractivity contribution in [1.29, 1.82) is 0 Å². The number of amides is 1. The Morgan fingerprint density at radius 2 is 1.81 bits per heavy atom. The van der Waals surface area contributed by atoms with Gasteiger partial charge in [0.1, 0.15) is 5.82 Å². The van der Waals surface area contributed by atoms with E-state index < -0.39 is 21.7 Å². The minimum Gasteiger partial charge on any atom is -0.336 e. The summed E-state index contributed by atoms with van der Waals surface area (Å²) >= 11 is 1.03. The molecule has 1 fully saturated rings. The van der Waals surface area contributed by atoms with E-state index in [1.54, 1.807) is 22.8 Å². The average Bonchev–Trinajstić information content (AvgIpc) is 3.08. The third-order valence-electron chi connectivity index (χ3n) is 5.35. The first-order valence-electron chi connectivity index (χ1n) is 10.00. The largest absolute Gasteiger partial charge is 0.336 e. The van der Waals surface area contributed by atoms with E-state index in [0.29, 0.717) is 11.2 Å². The van der Waals surface area contributed by atoms with Crippen molar-refractivity contribution in [2.24, 2.45) is 0 Å². The fourth-order valence-electron chi connectivity index (χ4n) is 3.73.